The van der Waals surface area contributed by atoms with Crippen molar-refractivity contribution in [2.75, 3.05) is 11.4 Å². The second kappa shape index (κ2) is 8.27. The zero-order valence-electron chi connectivity index (χ0n) is 19.0. The summed E-state index contributed by atoms with van der Waals surface area (Å²) in [7, 11) is 0. The van der Waals surface area contributed by atoms with E-state index in [4.69, 9.17) is 4.98 Å². The standard InChI is InChI=1S/C28H29N3O/c1-19(2)22-14-12-21(13-15-22)17-31-26-11-7-5-9-24(26)29-28(31)23-16-27(32)30(18-23)25-10-6-4-8-20(25)3/h4-15,19,23H,16-18H2,1-3H3. The Hall–Kier alpha value is -3.40. The predicted octanol–water partition coefficient (Wildman–Crippen LogP) is 6.04. The molecule has 4 heteroatoms. The number of para-hydroxylation sites is 3. The van der Waals surface area contributed by atoms with Crippen LogP contribution in [0.2, 0.25) is 0 Å². The number of imidazole rings is 1. The van der Waals surface area contributed by atoms with Gasteiger partial charge in [-0.1, -0.05) is 68.4 Å². The lowest BCUT2D eigenvalue weighted by Gasteiger charge is -2.19. The van der Waals surface area contributed by atoms with Gasteiger partial charge in [0.2, 0.25) is 5.91 Å². The Labute approximate surface area is 189 Å². The van der Waals surface area contributed by atoms with Crippen molar-refractivity contribution in [2.24, 2.45) is 0 Å². The van der Waals surface area contributed by atoms with Gasteiger partial charge in [0.25, 0.3) is 0 Å². The van der Waals surface area contributed by atoms with E-state index in [1.165, 1.54) is 11.1 Å². The van der Waals surface area contributed by atoms with Gasteiger partial charge in [0.15, 0.2) is 0 Å². The summed E-state index contributed by atoms with van der Waals surface area (Å²) in [5, 5.41) is 0. The molecule has 1 atom stereocenters. The molecular formula is C28H29N3O. The molecule has 1 unspecified atom stereocenters. The molecular weight excluding hydrogens is 394 g/mol. The molecule has 1 aromatic heterocycles. The second-order valence-corrected chi connectivity index (χ2v) is 9.13. The monoisotopic (exact) mass is 423 g/mol. The smallest absolute Gasteiger partial charge is 0.227 e. The van der Waals surface area contributed by atoms with Crippen LogP contribution < -0.4 is 4.90 Å². The lowest BCUT2D eigenvalue weighted by molar-refractivity contribution is -0.117. The number of benzene rings is 3. The van der Waals surface area contributed by atoms with E-state index in [1.54, 1.807) is 0 Å². The van der Waals surface area contributed by atoms with Crippen LogP contribution in [-0.4, -0.2) is 22.0 Å². The number of hydrogen-bond acceptors (Lipinski definition) is 2. The molecule has 0 saturated carbocycles. The largest absolute Gasteiger partial charge is 0.323 e. The molecule has 0 N–H and O–H groups in total. The first-order valence-electron chi connectivity index (χ1n) is 11.4. The van der Waals surface area contributed by atoms with Gasteiger partial charge < -0.3 is 9.47 Å². The number of anilines is 1. The summed E-state index contributed by atoms with van der Waals surface area (Å²) in [6.07, 6.45) is 0.490. The number of hydrogen-bond donors (Lipinski definition) is 0. The number of aryl methyl sites for hydroxylation is 1. The van der Waals surface area contributed by atoms with Crippen molar-refractivity contribution < 1.29 is 4.79 Å². The molecule has 0 aliphatic carbocycles. The predicted molar refractivity (Wildman–Crippen MR) is 130 cm³/mol. The normalized spacial score (nSPS) is 16.4. The van der Waals surface area contributed by atoms with E-state index in [0.717, 1.165) is 34.7 Å². The molecule has 1 fully saturated rings. The molecule has 4 aromatic rings. The van der Waals surface area contributed by atoms with E-state index in [2.05, 4.69) is 73.9 Å². The molecule has 32 heavy (non-hydrogen) atoms. The number of amides is 1. The summed E-state index contributed by atoms with van der Waals surface area (Å²) in [6.45, 7) is 7.91. The highest BCUT2D eigenvalue weighted by molar-refractivity contribution is 5.97. The molecule has 162 valence electrons. The fourth-order valence-corrected chi connectivity index (χ4v) is 4.74. The van der Waals surface area contributed by atoms with E-state index in [1.807, 2.05) is 29.2 Å². The van der Waals surface area contributed by atoms with Crippen molar-refractivity contribution in [3.8, 4) is 0 Å². The van der Waals surface area contributed by atoms with Gasteiger partial charge in [0, 0.05) is 31.1 Å². The van der Waals surface area contributed by atoms with Crippen LogP contribution in [-0.2, 0) is 11.3 Å². The van der Waals surface area contributed by atoms with Gasteiger partial charge in [-0.3, -0.25) is 4.79 Å². The molecule has 2 heterocycles. The highest BCUT2D eigenvalue weighted by Gasteiger charge is 2.35. The fourth-order valence-electron chi connectivity index (χ4n) is 4.74. The van der Waals surface area contributed by atoms with Crippen LogP contribution in [0.15, 0.2) is 72.8 Å². The molecule has 1 aliphatic heterocycles. The molecule has 5 rings (SSSR count). The molecule has 4 nitrogen and oxygen atoms in total. The molecule has 1 amide bonds. The Balaban J connectivity index is 1.50. The highest BCUT2D eigenvalue weighted by Crippen LogP contribution is 2.34. The number of carbonyl (C=O) groups excluding carboxylic acids is 1. The Bertz CT molecular complexity index is 1270. The first-order valence-corrected chi connectivity index (χ1v) is 11.4. The van der Waals surface area contributed by atoms with Crippen LogP contribution in [0.3, 0.4) is 0 Å². The van der Waals surface area contributed by atoms with Gasteiger partial charge in [-0.2, -0.15) is 0 Å². The fraction of sp³-hybridized carbons (Fsp3) is 0.286. The third-order valence-corrected chi connectivity index (χ3v) is 6.57. The molecule has 1 aliphatic rings. The Morgan fingerprint density at radius 1 is 0.969 bits per heavy atom. The summed E-state index contributed by atoms with van der Waals surface area (Å²) in [5.74, 6) is 1.77. The molecule has 0 radical (unpaired) electrons. The molecule has 0 spiro atoms. The average Bonchev–Trinajstić information content (AvgIpc) is 3.35. The van der Waals surface area contributed by atoms with Crippen molar-refractivity contribution in [3.05, 3.63) is 95.3 Å². The first kappa shape index (κ1) is 20.5. The maximum atomic E-state index is 13.0. The quantitative estimate of drug-likeness (QED) is 0.393. The third kappa shape index (κ3) is 3.70. The molecule has 3 aromatic carbocycles. The van der Waals surface area contributed by atoms with Crippen LogP contribution in [0.5, 0.6) is 0 Å². The Morgan fingerprint density at radius 2 is 1.69 bits per heavy atom. The topological polar surface area (TPSA) is 38.1 Å². The van der Waals surface area contributed by atoms with E-state index < -0.39 is 0 Å². The number of rotatable bonds is 5. The van der Waals surface area contributed by atoms with Gasteiger partial charge in [-0.15, -0.1) is 0 Å². The van der Waals surface area contributed by atoms with Crippen molar-refractivity contribution in [1.82, 2.24) is 9.55 Å². The average molecular weight is 424 g/mol. The summed E-state index contributed by atoms with van der Waals surface area (Å²) in [5.41, 5.74) is 6.84. The summed E-state index contributed by atoms with van der Waals surface area (Å²) in [6, 6.07) is 25.3. The highest BCUT2D eigenvalue weighted by atomic mass is 16.2. The number of aromatic nitrogens is 2. The summed E-state index contributed by atoms with van der Waals surface area (Å²) in [4.78, 5) is 19.9. The van der Waals surface area contributed by atoms with Gasteiger partial charge in [0.05, 0.1) is 11.0 Å². The number of carbonyl (C=O) groups is 1. The molecule has 0 bridgehead atoms. The van der Waals surface area contributed by atoms with Crippen molar-refractivity contribution in [1.29, 1.82) is 0 Å². The zero-order chi connectivity index (χ0) is 22.2. The van der Waals surface area contributed by atoms with Gasteiger partial charge in [-0.25, -0.2) is 4.98 Å². The zero-order valence-corrected chi connectivity index (χ0v) is 19.0. The first-order chi connectivity index (χ1) is 15.5. The Kier molecular flexibility index (Phi) is 5.30. The molecule has 1 saturated heterocycles. The number of fused-ring (bicyclic) bond motifs is 1. The van der Waals surface area contributed by atoms with Crippen molar-refractivity contribution in [3.63, 3.8) is 0 Å². The van der Waals surface area contributed by atoms with E-state index in [9.17, 15) is 4.79 Å². The van der Waals surface area contributed by atoms with E-state index >= 15 is 0 Å². The SMILES string of the molecule is Cc1ccccc1N1CC(c2nc3ccccc3n2Cc2ccc(C(C)C)cc2)CC1=O. The van der Waals surface area contributed by atoms with E-state index in [0.29, 0.717) is 18.9 Å². The maximum absolute atomic E-state index is 13.0. The summed E-state index contributed by atoms with van der Waals surface area (Å²) < 4.78 is 2.30. The number of nitrogens with zero attached hydrogens (tertiary/aromatic N) is 3. The lowest BCUT2D eigenvalue weighted by atomic mass is 10.0. The van der Waals surface area contributed by atoms with Crippen LogP contribution in [0.4, 0.5) is 5.69 Å². The lowest BCUT2D eigenvalue weighted by Crippen LogP contribution is -2.25. The van der Waals surface area contributed by atoms with Gasteiger partial charge >= 0.3 is 0 Å². The van der Waals surface area contributed by atoms with Crippen LogP contribution in [0.25, 0.3) is 11.0 Å². The maximum Gasteiger partial charge on any atom is 0.227 e. The third-order valence-electron chi connectivity index (χ3n) is 6.57. The van der Waals surface area contributed by atoms with Gasteiger partial charge in [-0.05, 0) is 47.7 Å². The van der Waals surface area contributed by atoms with Crippen LogP contribution in [0.1, 0.15) is 54.6 Å². The van der Waals surface area contributed by atoms with Crippen molar-refractivity contribution in [2.45, 2.75) is 45.6 Å². The van der Waals surface area contributed by atoms with Crippen LogP contribution in [0, 0.1) is 6.92 Å². The minimum absolute atomic E-state index is 0.0736. The van der Waals surface area contributed by atoms with Gasteiger partial charge in [0.1, 0.15) is 5.82 Å². The van der Waals surface area contributed by atoms with Crippen molar-refractivity contribution >= 4 is 22.6 Å². The minimum atomic E-state index is 0.0736. The van der Waals surface area contributed by atoms with E-state index in [-0.39, 0.29) is 11.8 Å². The second-order valence-electron chi connectivity index (χ2n) is 9.13. The van der Waals surface area contributed by atoms with Crippen LogP contribution >= 0.6 is 0 Å². The Morgan fingerprint density at radius 3 is 2.44 bits per heavy atom. The summed E-state index contributed by atoms with van der Waals surface area (Å²) >= 11 is 0. The minimum Gasteiger partial charge on any atom is -0.323 e.